The Bertz CT molecular complexity index is 498. The van der Waals surface area contributed by atoms with Crippen LogP contribution < -0.4 is 20.5 Å². The molecule has 0 amide bonds. The van der Waals surface area contributed by atoms with E-state index in [2.05, 4.69) is 21.9 Å². The molecule has 0 spiro atoms. The summed E-state index contributed by atoms with van der Waals surface area (Å²) in [4.78, 5) is 0. The van der Waals surface area contributed by atoms with Crippen LogP contribution in [0.1, 0.15) is 25.5 Å². The zero-order valence-electron chi connectivity index (χ0n) is 12.2. The second-order valence-electron chi connectivity index (χ2n) is 4.11. The van der Waals surface area contributed by atoms with Gasteiger partial charge in [-0.1, -0.05) is 12.0 Å². The number of hydrogen-bond donors (Lipinski definition) is 2. The SMILES string of the molecule is CC#CCNC(CN)c1ccc(OC(F)F)c(OCC)c1. The zero-order chi connectivity index (χ0) is 15.7. The lowest BCUT2D eigenvalue weighted by Crippen LogP contribution is -2.28. The Morgan fingerprint density at radius 2 is 2.10 bits per heavy atom. The van der Waals surface area contributed by atoms with Crippen LogP contribution in [0.25, 0.3) is 0 Å². The molecule has 0 aliphatic rings. The van der Waals surface area contributed by atoms with E-state index in [-0.39, 0.29) is 17.5 Å². The van der Waals surface area contributed by atoms with Crippen LogP contribution in [0.15, 0.2) is 18.2 Å². The summed E-state index contributed by atoms with van der Waals surface area (Å²) in [7, 11) is 0. The van der Waals surface area contributed by atoms with Gasteiger partial charge in [0, 0.05) is 12.6 Å². The third kappa shape index (κ3) is 5.58. The highest BCUT2D eigenvalue weighted by molar-refractivity contribution is 5.44. The van der Waals surface area contributed by atoms with Crippen molar-refractivity contribution in [1.29, 1.82) is 0 Å². The van der Waals surface area contributed by atoms with Gasteiger partial charge in [0.25, 0.3) is 0 Å². The number of benzene rings is 1. The monoisotopic (exact) mass is 298 g/mol. The van der Waals surface area contributed by atoms with Crippen LogP contribution in [-0.2, 0) is 0 Å². The van der Waals surface area contributed by atoms with Crippen LogP contribution in [0.2, 0.25) is 0 Å². The Kier molecular flexibility index (Phi) is 7.51. The van der Waals surface area contributed by atoms with Gasteiger partial charge in [0.1, 0.15) is 0 Å². The first-order valence-corrected chi connectivity index (χ1v) is 6.67. The van der Waals surface area contributed by atoms with E-state index < -0.39 is 6.61 Å². The van der Waals surface area contributed by atoms with Crippen LogP contribution in [0.3, 0.4) is 0 Å². The molecule has 1 unspecified atom stereocenters. The maximum absolute atomic E-state index is 12.3. The van der Waals surface area contributed by atoms with E-state index in [0.717, 1.165) is 5.56 Å². The van der Waals surface area contributed by atoms with Gasteiger partial charge < -0.3 is 15.2 Å². The highest BCUT2D eigenvalue weighted by Crippen LogP contribution is 2.31. The number of ether oxygens (including phenoxy) is 2. The van der Waals surface area contributed by atoms with Gasteiger partial charge in [-0.25, -0.2) is 0 Å². The van der Waals surface area contributed by atoms with Crippen molar-refractivity contribution in [1.82, 2.24) is 5.32 Å². The minimum atomic E-state index is -2.89. The van der Waals surface area contributed by atoms with Gasteiger partial charge in [-0.15, -0.1) is 5.92 Å². The van der Waals surface area contributed by atoms with Crippen LogP contribution in [0, 0.1) is 11.8 Å². The highest BCUT2D eigenvalue weighted by atomic mass is 19.3. The molecule has 0 saturated carbocycles. The molecule has 0 heterocycles. The zero-order valence-corrected chi connectivity index (χ0v) is 12.2. The number of alkyl halides is 2. The molecule has 1 rings (SSSR count). The van der Waals surface area contributed by atoms with Crippen molar-refractivity contribution in [2.75, 3.05) is 19.7 Å². The van der Waals surface area contributed by atoms with E-state index in [9.17, 15) is 8.78 Å². The normalized spacial score (nSPS) is 11.7. The van der Waals surface area contributed by atoms with E-state index in [0.29, 0.717) is 19.7 Å². The second kappa shape index (κ2) is 9.16. The third-order valence-electron chi connectivity index (χ3n) is 2.74. The van der Waals surface area contributed by atoms with Crippen LogP contribution in [-0.4, -0.2) is 26.3 Å². The molecular formula is C15H20F2N2O2. The molecule has 116 valence electrons. The maximum Gasteiger partial charge on any atom is 0.387 e. The van der Waals surface area contributed by atoms with E-state index in [1.54, 1.807) is 26.0 Å². The van der Waals surface area contributed by atoms with Gasteiger partial charge >= 0.3 is 6.61 Å². The molecule has 4 nitrogen and oxygen atoms in total. The predicted octanol–water partition coefficient (Wildman–Crippen LogP) is 2.30. The van der Waals surface area contributed by atoms with E-state index >= 15 is 0 Å². The molecule has 1 aromatic rings. The number of nitrogens with two attached hydrogens (primary N) is 1. The highest BCUT2D eigenvalue weighted by Gasteiger charge is 2.15. The Morgan fingerprint density at radius 1 is 1.33 bits per heavy atom. The Labute approximate surface area is 123 Å². The second-order valence-corrected chi connectivity index (χ2v) is 4.11. The number of halogens is 2. The van der Waals surface area contributed by atoms with Crippen LogP contribution in [0.5, 0.6) is 11.5 Å². The van der Waals surface area contributed by atoms with Gasteiger partial charge in [0.2, 0.25) is 0 Å². The molecule has 21 heavy (non-hydrogen) atoms. The molecule has 1 aromatic carbocycles. The van der Waals surface area contributed by atoms with E-state index in [4.69, 9.17) is 10.5 Å². The first kappa shape index (κ1) is 17.2. The molecule has 0 aliphatic heterocycles. The summed E-state index contributed by atoms with van der Waals surface area (Å²) in [6, 6.07) is 4.67. The van der Waals surface area contributed by atoms with E-state index in [1.807, 2.05) is 0 Å². The van der Waals surface area contributed by atoms with Crippen molar-refractivity contribution >= 4 is 0 Å². The largest absolute Gasteiger partial charge is 0.490 e. The molecule has 0 aliphatic carbocycles. The van der Waals surface area contributed by atoms with Crippen molar-refractivity contribution in [2.24, 2.45) is 5.73 Å². The topological polar surface area (TPSA) is 56.5 Å². The number of rotatable bonds is 8. The molecule has 0 bridgehead atoms. The fraction of sp³-hybridized carbons (Fsp3) is 0.467. The average molecular weight is 298 g/mol. The Hall–Kier alpha value is -1.84. The van der Waals surface area contributed by atoms with Gasteiger partial charge in [-0.2, -0.15) is 8.78 Å². The van der Waals surface area contributed by atoms with Crippen LogP contribution >= 0.6 is 0 Å². The Morgan fingerprint density at radius 3 is 2.67 bits per heavy atom. The maximum atomic E-state index is 12.3. The van der Waals surface area contributed by atoms with Crippen molar-refractivity contribution in [3.05, 3.63) is 23.8 Å². The predicted molar refractivity (Wildman–Crippen MR) is 77.5 cm³/mol. The molecule has 0 saturated heterocycles. The smallest absolute Gasteiger partial charge is 0.387 e. The molecule has 6 heteroatoms. The summed E-state index contributed by atoms with van der Waals surface area (Å²) in [6.07, 6.45) is 0. The lowest BCUT2D eigenvalue weighted by atomic mass is 10.1. The number of hydrogen-bond acceptors (Lipinski definition) is 4. The Balaban J connectivity index is 2.95. The lowest BCUT2D eigenvalue weighted by molar-refractivity contribution is -0.0514. The third-order valence-corrected chi connectivity index (χ3v) is 2.74. The fourth-order valence-corrected chi connectivity index (χ4v) is 1.80. The molecule has 0 radical (unpaired) electrons. The van der Waals surface area contributed by atoms with Gasteiger partial charge in [-0.3, -0.25) is 5.32 Å². The van der Waals surface area contributed by atoms with Crippen molar-refractivity contribution in [3.8, 4) is 23.3 Å². The van der Waals surface area contributed by atoms with Gasteiger partial charge in [0.05, 0.1) is 13.2 Å². The molecular weight excluding hydrogens is 278 g/mol. The summed E-state index contributed by atoms with van der Waals surface area (Å²) < 4.78 is 34.5. The molecule has 3 N–H and O–H groups in total. The molecule has 1 atom stereocenters. The summed E-state index contributed by atoms with van der Waals surface area (Å²) in [5.74, 6) is 5.96. The van der Waals surface area contributed by atoms with Crippen molar-refractivity contribution in [2.45, 2.75) is 26.5 Å². The van der Waals surface area contributed by atoms with Crippen LogP contribution in [0.4, 0.5) is 8.78 Å². The average Bonchev–Trinajstić information content (AvgIpc) is 2.45. The first-order chi connectivity index (χ1) is 10.1. The minimum absolute atomic E-state index is 0.0136. The fourth-order valence-electron chi connectivity index (χ4n) is 1.80. The van der Waals surface area contributed by atoms with E-state index in [1.165, 1.54) is 6.07 Å². The van der Waals surface area contributed by atoms with Gasteiger partial charge in [0.15, 0.2) is 11.5 Å². The van der Waals surface area contributed by atoms with Crippen molar-refractivity contribution < 1.29 is 18.3 Å². The number of nitrogens with one attached hydrogen (secondary N) is 1. The standard InChI is InChI=1S/C15H20F2N2O2/c1-3-5-8-19-12(10-18)11-6-7-13(21-15(16)17)14(9-11)20-4-2/h6-7,9,12,15,19H,4,8,10,18H2,1-2H3. The first-order valence-electron chi connectivity index (χ1n) is 6.67. The summed E-state index contributed by atoms with van der Waals surface area (Å²) >= 11 is 0. The summed E-state index contributed by atoms with van der Waals surface area (Å²) in [5, 5.41) is 3.17. The molecule has 0 aromatic heterocycles. The molecule has 0 fully saturated rings. The summed E-state index contributed by atoms with van der Waals surface area (Å²) in [5.41, 5.74) is 6.56. The minimum Gasteiger partial charge on any atom is -0.490 e. The van der Waals surface area contributed by atoms with Gasteiger partial charge in [-0.05, 0) is 31.5 Å². The lowest BCUT2D eigenvalue weighted by Gasteiger charge is -2.18. The van der Waals surface area contributed by atoms with Crippen molar-refractivity contribution in [3.63, 3.8) is 0 Å². The summed E-state index contributed by atoms with van der Waals surface area (Å²) in [6.45, 7) is 1.84. The quantitative estimate of drug-likeness (QED) is 0.723.